The number of anilines is 1. The second-order valence-corrected chi connectivity index (χ2v) is 4.16. The van der Waals surface area contributed by atoms with Crippen molar-refractivity contribution in [3.05, 3.63) is 22.8 Å². The van der Waals surface area contributed by atoms with Crippen molar-refractivity contribution in [2.24, 2.45) is 0 Å². The van der Waals surface area contributed by atoms with Crippen LogP contribution in [0, 0.1) is 20.8 Å². The molecule has 2 rings (SSSR count). The monoisotopic (exact) mass is 237 g/mol. The summed E-state index contributed by atoms with van der Waals surface area (Å²) >= 11 is 1.16. The first-order valence-electron chi connectivity index (χ1n) is 4.71. The molecular weight excluding hydrogens is 226 g/mol. The maximum atomic E-state index is 11.9. The van der Waals surface area contributed by atoms with Crippen molar-refractivity contribution in [2.75, 3.05) is 5.32 Å². The van der Waals surface area contributed by atoms with E-state index >= 15 is 0 Å². The lowest BCUT2D eigenvalue weighted by atomic mass is 10.2. The molecule has 2 heterocycles. The minimum atomic E-state index is -0.208. The number of carbonyl (C=O) groups is 1. The Morgan fingerprint density at radius 1 is 1.38 bits per heavy atom. The summed E-state index contributed by atoms with van der Waals surface area (Å²) in [4.78, 5) is 16.0. The normalized spacial score (nSPS) is 10.4. The highest BCUT2D eigenvalue weighted by Crippen LogP contribution is 2.15. The summed E-state index contributed by atoms with van der Waals surface area (Å²) in [5.41, 5.74) is 1.99. The van der Waals surface area contributed by atoms with Gasteiger partial charge in [0.1, 0.15) is 5.82 Å². The van der Waals surface area contributed by atoms with Gasteiger partial charge in [-0.25, -0.2) is 4.98 Å². The molecule has 2 N–H and O–H groups in total. The van der Waals surface area contributed by atoms with Crippen LogP contribution in [0.3, 0.4) is 0 Å². The molecule has 0 bridgehead atoms. The Hall–Kier alpha value is -1.76. The van der Waals surface area contributed by atoms with Crippen LogP contribution in [0.1, 0.15) is 27.6 Å². The number of hydrogen-bond acceptors (Lipinski definition) is 5. The fourth-order valence-corrected chi connectivity index (χ4v) is 1.96. The van der Waals surface area contributed by atoms with Crippen molar-refractivity contribution in [1.82, 2.24) is 19.6 Å². The summed E-state index contributed by atoms with van der Waals surface area (Å²) in [6, 6.07) is 0. The van der Waals surface area contributed by atoms with Crippen LogP contribution in [0.25, 0.3) is 0 Å². The maximum Gasteiger partial charge on any atom is 0.261 e. The van der Waals surface area contributed by atoms with Gasteiger partial charge in [0.2, 0.25) is 5.13 Å². The minimum Gasteiger partial charge on any atom is -0.296 e. The number of aromatic amines is 1. The van der Waals surface area contributed by atoms with Crippen molar-refractivity contribution in [3.63, 3.8) is 0 Å². The van der Waals surface area contributed by atoms with Crippen molar-refractivity contribution in [3.8, 4) is 0 Å². The zero-order valence-electron chi connectivity index (χ0n) is 9.16. The molecule has 0 saturated carbocycles. The third-order valence-electron chi connectivity index (χ3n) is 2.10. The Morgan fingerprint density at radius 3 is 2.62 bits per heavy atom. The van der Waals surface area contributed by atoms with Gasteiger partial charge in [0.25, 0.3) is 5.91 Å². The lowest BCUT2D eigenvalue weighted by Crippen LogP contribution is -2.13. The van der Waals surface area contributed by atoms with E-state index in [-0.39, 0.29) is 5.91 Å². The van der Waals surface area contributed by atoms with Gasteiger partial charge in [-0.15, -0.1) is 0 Å². The minimum absolute atomic E-state index is 0.208. The smallest absolute Gasteiger partial charge is 0.261 e. The Kier molecular flexibility index (Phi) is 2.69. The molecule has 16 heavy (non-hydrogen) atoms. The molecule has 7 heteroatoms. The molecule has 6 nitrogen and oxygen atoms in total. The van der Waals surface area contributed by atoms with E-state index < -0.39 is 0 Å². The molecule has 0 aromatic carbocycles. The van der Waals surface area contributed by atoms with Gasteiger partial charge in [-0.1, -0.05) is 0 Å². The number of aryl methyl sites for hydroxylation is 3. The van der Waals surface area contributed by atoms with Crippen LogP contribution >= 0.6 is 11.5 Å². The number of amides is 1. The Labute approximate surface area is 96.3 Å². The number of H-pyrrole nitrogens is 1. The van der Waals surface area contributed by atoms with Crippen LogP contribution in [0.2, 0.25) is 0 Å². The van der Waals surface area contributed by atoms with E-state index in [4.69, 9.17) is 0 Å². The van der Waals surface area contributed by atoms with Gasteiger partial charge in [0, 0.05) is 17.2 Å². The van der Waals surface area contributed by atoms with Crippen LogP contribution < -0.4 is 5.32 Å². The molecule has 2 aromatic rings. The summed E-state index contributed by atoms with van der Waals surface area (Å²) in [5.74, 6) is 0.445. The summed E-state index contributed by atoms with van der Waals surface area (Å²) in [7, 11) is 0. The maximum absolute atomic E-state index is 11.9. The van der Waals surface area contributed by atoms with Crippen molar-refractivity contribution < 1.29 is 4.79 Å². The van der Waals surface area contributed by atoms with Gasteiger partial charge >= 0.3 is 0 Å². The first-order chi connectivity index (χ1) is 7.58. The first kappa shape index (κ1) is 10.7. The van der Waals surface area contributed by atoms with E-state index in [0.717, 1.165) is 17.2 Å². The van der Waals surface area contributed by atoms with Crippen LogP contribution in [-0.4, -0.2) is 25.5 Å². The van der Waals surface area contributed by atoms with Gasteiger partial charge < -0.3 is 0 Å². The molecule has 0 fully saturated rings. The average molecular weight is 237 g/mol. The van der Waals surface area contributed by atoms with E-state index in [1.165, 1.54) is 0 Å². The lowest BCUT2D eigenvalue weighted by molar-refractivity contribution is 0.102. The summed E-state index contributed by atoms with van der Waals surface area (Å²) in [6.07, 6.45) is 0. The van der Waals surface area contributed by atoms with E-state index in [1.54, 1.807) is 20.8 Å². The zero-order valence-corrected chi connectivity index (χ0v) is 9.97. The largest absolute Gasteiger partial charge is 0.296 e. The molecule has 84 valence electrons. The first-order valence-corrected chi connectivity index (χ1v) is 5.48. The molecule has 0 spiro atoms. The van der Waals surface area contributed by atoms with Crippen molar-refractivity contribution >= 4 is 22.6 Å². The number of hydrogen-bond donors (Lipinski definition) is 2. The quantitative estimate of drug-likeness (QED) is 0.827. The lowest BCUT2D eigenvalue weighted by Gasteiger charge is -2.00. The molecule has 2 aromatic heterocycles. The van der Waals surface area contributed by atoms with E-state index in [9.17, 15) is 4.79 Å². The molecular formula is C9H11N5OS. The van der Waals surface area contributed by atoms with Gasteiger partial charge in [-0.2, -0.15) is 9.47 Å². The topological polar surface area (TPSA) is 83.6 Å². The van der Waals surface area contributed by atoms with Crippen LogP contribution in [0.5, 0.6) is 0 Å². The Balaban J connectivity index is 2.21. The summed E-state index contributed by atoms with van der Waals surface area (Å²) in [5, 5.41) is 9.93. The SMILES string of the molecule is Cc1nsc(NC(=O)c2c(C)n[nH]c2C)n1. The number of rotatable bonds is 2. The Morgan fingerprint density at radius 2 is 2.12 bits per heavy atom. The van der Waals surface area contributed by atoms with Crippen LogP contribution in [-0.2, 0) is 0 Å². The van der Waals surface area contributed by atoms with E-state index in [1.807, 2.05) is 0 Å². The fraction of sp³-hybridized carbons (Fsp3) is 0.333. The third-order valence-corrected chi connectivity index (χ3v) is 2.83. The van der Waals surface area contributed by atoms with Crippen LogP contribution in [0.4, 0.5) is 5.13 Å². The molecule has 0 radical (unpaired) electrons. The number of nitrogens with one attached hydrogen (secondary N) is 2. The van der Waals surface area contributed by atoms with Gasteiger partial charge in [0.15, 0.2) is 0 Å². The van der Waals surface area contributed by atoms with Crippen molar-refractivity contribution in [2.45, 2.75) is 20.8 Å². The molecule has 0 aliphatic carbocycles. The van der Waals surface area contributed by atoms with E-state index in [2.05, 4.69) is 24.9 Å². The van der Waals surface area contributed by atoms with E-state index in [0.29, 0.717) is 22.2 Å². The predicted octanol–water partition coefficient (Wildman–Crippen LogP) is 1.44. The highest BCUT2D eigenvalue weighted by molar-refractivity contribution is 7.09. The number of aromatic nitrogens is 4. The second kappa shape index (κ2) is 4.01. The number of nitrogens with zero attached hydrogens (tertiary/aromatic N) is 3. The summed E-state index contributed by atoms with van der Waals surface area (Å²) in [6.45, 7) is 5.37. The fourth-order valence-electron chi connectivity index (χ4n) is 1.39. The molecule has 0 unspecified atom stereocenters. The molecule has 0 atom stereocenters. The number of carbonyl (C=O) groups excluding carboxylic acids is 1. The Bertz CT molecular complexity index is 510. The van der Waals surface area contributed by atoms with Crippen LogP contribution in [0.15, 0.2) is 0 Å². The highest BCUT2D eigenvalue weighted by Gasteiger charge is 2.16. The second-order valence-electron chi connectivity index (χ2n) is 3.41. The molecule has 0 saturated heterocycles. The molecule has 0 aliphatic rings. The standard InChI is InChI=1S/C9H11N5OS/c1-4-7(5(2)13-12-4)8(15)11-9-10-6(3)14-16-9/h1-3H3,(H,12,13)(H,10,11,14,15). The van der Waals surface area contributed by atoms with Gasteiger partial charge in [-0.3, -0.25) is 15.2 Å². The third kappa shape index (κ3) is 1.94. The average Bonchev–Trinajstić information content (AvgIpc) is 2.74. The van der Waals surface area contributed by atoms with Crippen molar-refractivity contribution in [1.29, 1.82) is 0 Å². The summed E-state index contributed by atoms with van der Waals surface area (Å²) < 4.78 is 3.99. The molecule has 1 amide bonds. The molecule has 0 aliphatic heterocycles. The van der Waals surface area contributed by atoms with Gasteiger partial charge in [-0.05, 0) is 20.8 Å². The van der Waals surface area contributed by atoms with Gasteiger partial charge in [0.05, 0.1) is 11.3 Å². The predicted molar refractivity (Wildman–Crippen MR) is 60.7 cm³/mol. The zero-order chi connectivity index (χ0) is 11.7. The highest BCUT2D eigenvalue weighted by atomic mass is 32.1.